The van der Waals surface area contributed by atoms with Gasteiger partial charge < -0.3 is 194 Å². The molecule has 8 heterocycles. The van der Waals surface area contributed by atoms with Gasteiger partial charge in [-0.05, 0) is 0 Å². The van der Waals surface area contributed by atoms with Crippen LogP contribution in [0.1, 0.15) is 57.8 Å². The highest BCUT2D eigenvalue weighted by molar-refractivity contribution is 8.00. The van der Waals surface area contributed by atoms with Gasteiger partial charge in [0.25, 0.3) is 0 Å². The third-order valence-electron chi connectivity index (χ3n) is 21.0. The number of rotatable bonds is 54. The molecular formula is C72H114O47S8. The molecule has 38 atom stereocenters. The van der Waals surface area contributed by atoms with E-state index >= 15 is 0 Å². The molecule has 0 aliphatic carbocycles. The van der Waals surface area contributed by atoms with Crippen LogP contribution in [0.3, 0.4) is 0 Å². The molecule has 47 nitrogen and oxygen atoms in total. The first-order valence-electron chi connectivity index (χ1n) is 40.3. The van der Waals surface area contributed by atoms with E-state index in [1.165, 1.54) is 0 Å². The van der Waals surface area contributed by atoms with E-state index in [1.807, 2.05) is 0 Å². The smallest absolute Gasteiger partial charge is 0.304 e. The molecule has 8 saturated heterocycles. The first kappa shape index (κ1) is 110. The van der Waals surface area contributed by atoms with Gasteiger partial charge in [-0.15, -0.1) is 0 Å². The molecule has 8 aliphatic rings. The van der Waals surface area contributed by atoms with Crippen LogP contribution in [-0.2, 0) is 109 Å². The fourth-order valence-corrected chi connectivity index (χ4v) is 22.1. The van der Waals surface area contributed by atoms with E-state index in [4.69, 9.17) is 76.2 Å². The first-order chi connectivity index (χ1) is 60.2. The Morgan fingerprint density at radius 3 is 0.693 bits per heavy atom. The molecule has 127 heavy (non-hydrogen) atoms. The van der Waals surface area contributed by atoms with Crippen LogP contribution in [0.5, 0.6) is 0 Å². The second kappa shape index (κ2) is 54.3. The number of carboxylic acid groups (broad SMARTS) is 8. The Kier molecular flexibility index (Phi) is 46.9. The molecule has 8 rings (SSSR count). The molecule has 0 bridgehead atoms. The van der Waals surface area contributed by atoms with Gasteiger partial charge in [-0.1, -0.05) is 0 Å². The van der Waals surface area contributed by atoms with Gasteiger partial charge in [0.15, 0.2) is 44.0 Å². The predicted octanol–water partition coefficient (Wildman–Crippen LogP) is -7.02. The number of thioether (sulfide) groups is 8. The zero-order valence-electron chi connectivity index (χ0n) is 67.7. The minimum absolute atomic E-state index is 0.00709. The Morgan fingerprint density at radius 2 is 0.425 bits per heavy atom. The Morgan fingerprint density at radius 1 is 0.220 bits per heavy atom. The molecule has 0 spiro atoms. The van der Waals surface area contributed by atoms with Gasteiger partial charge in [0.05, 0.1) is 113 Å². The number of carbonyl (C=O) groups is 8. The molecule has 55 heteroatoms. The van der Waals surface area contributed by atoms with Crippen LogP contribution >= 0.6 is 94.1 Å². The second-order valence-corrected chi connectivity index (χ2v) is 39.6. The first-order valence-corrected chi connectivity index (χ1v) is 49.5. The topological polar surface area (TPSA) is 761 Å². The molecule has 8 fully saturated rings. The lowest BCUT2D eigenvalue weighted by atomic mass is 9.95. The molecule has 8 aliphatic heterocycles. The Hall–Kier alpha value is -2.68. The molecule has 0 aromatic heterocycles. The molecule has 732 valence electrons. The normalized spacial score (nSPS) is 39.7. The number of hydrogen-bond acceptors (Lipinski definition) is 47. The maximum absolute atomic E-state index is 12.3. The summed E-state index contributed by atoms with van der Waals surface area (Å²) in [6.07, 6.45) is -72.7. The van der Waals surface area contributed by atoms with Crippen LogP contribution in [0.4, 0.5) is 0 Å². The summed E-state index contributed by atoms with van der Waals surface area (Å²) in [6.45, 7) is -0.376. The average molecular weight is 1990 g/mol. The van der Waals surface area contributed by atoms with Crippen molar-refractivity contribution in [2.75, 3.05) is 98.7 Å². The maximum Gasteiger partial charge on any atom is 0.304 e. The zero-order valence-corrected chi connectivity index (χ0v) is 74.2. The fourth-order valence-electron chi connectivity index (χ4n) is 14.2. The van der Waals surface area contributed by atoms with Crippen LogP contribution in [0.2, 0.25) is 0 Å². The van der Waals surface area contributed by atoms with Crippen molar-refractivity contribution >= 4 is 142 Å². The van der Waals surface area contributed by atoms with E-state index in [0.29, 0.717) is 0 Å². The van der Waals surface area contributed by atoms with Gasteiger partial charge in [-0.25, -0.2) is 0 Å². The largest absolute Gasteiger partial charge is 0.481 e. The van der Waals surface area contributed by atoms with Crippen molar-refractivity contribution in [1.82, 2.24) is 0 Å². The third-order valence-corrected chi connectivity index (χ3v) is 29.4. The van der Waals surface area contributed by atoms with Gasteiger partial charge in [-0.3, -0.25) is 38.4 Å². The van der Waals surface area contributed by atoms with Gasteiger partial charge in [-0.2, -0.15) is 94.1 Å². The monoisotopic (exact) mass is 1990 g/mol. The lowest BCUT2D eigenvalue weighted by Gasteiger charge is -2.50. The van der Waals surface area contributed by atoms with Crippen LogP contribution in [0.15, 0.2) is 0 Å². The number of hydrogen-bond donors (Lipinski definition) is 24. The van der Waals surface area contributed by atoms with Gasteiger partial charge in [0, 0.05) is 98.5 Å². The van der Waals surface area contributed by atoms with E-state index in [-0.39, 0.29) is 131 Å². The summed E-state index contributed by atoms with van der Waals surface area (Å²) in [5, 5.41) is 262. The standard InChI is InChI=1S/C72H114O47S8/c73-27-17-29(106-67-55(100)49(94)62(34(109-67)23-124-13-5-42(83)84)116-68-54(99)48(93)47(92)31(108-68)20-121-10-2-39(77)78)30(19-120-9-1-38(75)76)107-66(27)114-61-33(22-123-12-4-41(81)82)110-70(56(101)50(61)95)117-64-36(25-126-15-7-44(87)88)112-72(58(103)52(64)97)119-65-37(26-127-16-8-45(89)90)113-71(59(104)53(65)98)118-63-35(24-125-14-6-43(85)86)111-69(57(102)51(63)96)115-60-32(21-122-11-3-40(79)80)105-18-28(74)46(60)91/h27-37,46-74,91-104H,1-26H2,(H,75,76)(H,77,78)(H,79,80)(H,81,82)(H,83,84)(H,85,86)(H,87,88)(H,89,90)/t27-,28?,29-,30?,31?,32?,33?,34?,35?,36?,37?,46+,47+,48-,49+,50?,51+,52?,53?,54?,55?,56-,57?,58-,59-,60+,61+,62+,63+,64-,65+,66-,67-,68+,69+,70-,71+,72-/m0/s1. The summed E-state index contributed by atoms with van der Waals surface area (Å²) in [6, 6.07) is 0. The predicted molar refractivity (Wildman–Crippen MR) is 442 cm³/mol. The minimum atomic E-state index is -2.30. The van der Waals surface area contributed by atoms with Gasteiger partial charge in [0.2, 0.25) is 0 Å². The van der Waals surface area contributed by atoms with Crippen LogP contribution in [0, 0.1) is 0 Å². The highest BCUT2D eigenvalue weighted by atomic mass is 32.2. The quantitative estimate of drug-likeness (QED) is 0.0252. The number of aliphatic carboxylic acids is 8. The number of aliphatic hydroxyl groups is 16. The van der Waals surface area contributed by atoms with Crippen molar-refractivity contribution < 1.29 is 232 Å². The van der Waals surface area contributed by atoms with Crippen molar-refractivity contribution in [2.45, 2.75) is 291 Å². The fraction of sp³-hybridized carbons (Fsp3) is 0.889. The number of carboxylic acids is 8. The van der Waals surface area contributed by atoms with E-state index in [1.54, 1.807) is 0 Å². The molecule has 15 unspecified atom stereocenters. The average Bonchev–Trinajstić information content (AvgIpc) is 0.777. The summed E-state index contributed by atoms with van der Waals surface area (Å²) < 4.78 is 92.5. The lowest BCUT2D eigenvalue weighted by Crippen LogP contribution is -2.68. The summed E-state index contributed by atoms with van der Waals surface area (Å²) in [5.41, 5.74) is 0. The maximum atomic E-state index is 12.3. The summed E-state index contributed by atoms with van der Waals surface area (Å²) >= 11 is 7.81. The second-order valence-electron chi connectivity index (χ2n) is 30.4. The van der Waals surface area contributed by atoms with E-state index in [0.717, 1.165) is 94.1 Å². The molecular weight excluding hydrogens is 1870 g/mol. The van der Waals surface area contributed by atoms with Crippen LogP contribution in [-0.4, -0.2) is 502 Å². The Labute approximate surface area is 759 Å². The van der Waals surface area contributed by atoms with Crippen molar-refractivity contribution in [1.29, 1.82) is 0 Å². The lowest BCUT2D eigenvalue weighted by molar-refractivity contribution is -0.387. The van der Waals surface area contributed by atoms with E-state index in [2.05, 4.69) is 0 Å². The van der Waals surface area contributed by atoms with Crippen molar-refractivity contribution in [2.24, 2.45) is 0 Å². The molecule has 24 N–H and O–H groups in total. The Balaban J connectivity index is 0.999. The summed E-state index contributed by atoms with van der Waals surface area (Å²) in [4.78, 5) is 92.5. The van der Waals surface area contributed by atoms with Crippen LogP contribution < -0.4 is 0 Å². The van der Waals surface area contributed by atoms with Crippen molar-refractivity contribution in [3.8, 4) is 0 Å². The van der Waals surface area contributed by atoms with Gasteiger partial charge in [0.1, 0.15) is 134 Å². The third kappa shape index (κ3) is 33.1. The van der Waals surface area contributed by atoms with Crippen molar-refractivity contribution in [3.63, 3.8) is 0 Å². The highest BCUT2D eigenvalue weighted by Gasteiger charge is 2.59. The molecule has 0 saturated carbocycles. The van der Waals surface area contributed by atoms with E-state index in [9.17, 15) is 156 Å². The molecule has 0 aromatic rings. The van der Waals surface area contributed by atoms with Crippen LogP contribution in [0.25, 0.3) is 0 Å². The zero-order chi connectivity index (χ0) is 93.2. The molecule has 0 radical (unpaired) electrons. The minimum Gasteiger partial charge on any atom is -0.481 e. The summed E-state index contributed by atoms with van der Waals surface area (Å²) in [5.74, 6) is -11.7. The van der Waals surface area contributed by atoms with Crippen molar-refractivity contribution in [3.05, 3.63) is 0 Å². The molecule has 0 amide bonds. The highest BCUT2D eigenvalue weighted by Crippen LogP contribution is 2.42. The number of aliphatic hydroxyl groups excluding tert-OH is 16. The summed E-state index contributed by atoms with van der Waals surface area (Å²) in [7, 11) is 0. The molecule has 0 aromatic carbocycles. The SMILES string of the molecule is O=C(O)CCSCC1O[C@H](O[C@@H]2C(CSCCC(=O)O)O[C@H](O[C@@H]3C(CSCCC(=O)O)OCC(O)[C@H]3O)C(O)[C@H]2O)[C@@H](O)C(O)[C@@H]1O[C@@H]1OC(CSCCC(=O)O)[C@H](O[C@@H]2OC(CSCCC(=O)O)[C@@H](O[C@@H]3OC(CSCCC(=O)O)[C@@H](O[C@H]4OC(CSCCC(=O)O)[C@@H](O[C@H]5OC(CSCCC(=O)O)[C@@H](O)[C@H](O)C5O)[C@H](O)C4O)C[C@@H]3O)C(O)[C@@H]2O)C(O)[C@@H]1O. The van der Waals surface area contributed by atoms with Gasteiger partial charge >= 0.3 is 47.8 Å². The Bertz CT molecular complexity index is 3380. The van der Waals surface area contributed by atoms with E-state index < -0.39 is 307 Å². The number of ether oxygens (including phenoxy) is 15.